The van der Waals surface area contributed by atoms with Gasteiger partial charge in [-0.05, 0) is 30.0 Å². The van der Waals surface area contributed by atoms with Crippen molar-refractivity contribution < 1.29 is 13.2 Å². The van der Waals surface area contributed by atoms with E-state index in [1.807, 2.05) is 36.1 Å². The molecule has 2 aromatic carbocycles. The minimum atomic E-state index is -3.35. The molecule has 0 unspecified atom stereocenters. The smallest absolute Gasteiger partial charge is 0.249 e. The van der Waals surface area contributed by atoms with Gasteiger partial charge in [-0.1, -0.05) is 41.7 Å². The van der Waals surface area contributed by atoms with Crippen LogP contribution in [0.25, 0.3) is 10.2 Å². The van der Waals surface area contributed by atoms with E-state index in [-0.39, 0.29) is 17.9 Å². The molecule has 0 N–H and O–H groups in total. The number of hydrogen-bond acceptors (Lipinski definition) is 5. The van der Waals surface area contributed by atoms with Crippen molar-refractivity contribution in [1.29, 1.82) is 0 Å². The van der Waals surface area contributed by atoms with Crippen molar-refractivity contribution in [3.8, 4) is 0 Å². The number of aryl methyl sites for hydroxylation is 1. The first-order valence-electron chi connectivity index (χ1n) is 8.33. The second-order valence-corrected chi connectivity index (χ2v) is 10.2. The number of aromatic nitrogens is 1. The average Bonchev–Trinajstić information content (AvgIpc) is 2.95. The number of hydrogen-bond donors (Lipinski definition) is 0. The van der Waals surface area contributed by atoms with Gasteiger partial charge < -0.3 is 4.57 Å². The van der Waals surface area contributed by atoms with E-state index >= 15 is 0 Å². The highest BCUT2D eigenvalue weighted by atomic mass is 32.2. The maximum atomic E-state index is 12.2. The summed E-state index contributed by atoms with van der Waals surface area (Å²) in [5.74, 6) is -0.677. The van der Waals surface area contributed by atoms with Crippen molar-refractivity contribution in [2.45, 2.75) is 17.1 Å². The van der Waals surface area contributed by atoms with Gasteiger partial charge in [-0.25, -0.2) is 8.42 Å². The molecule has 8 heteroatoms. The topological polar surface area (TPSA) is 68.5 Å². The summed E-state index contributed by atoms with van der Waals surface area (Å²) in [4.78, 5) is 18.1. The molecule has 0 fully saturated rings. The first-order valence-corrected chi connectivity index (χ1v) is 12.2. The molecular formula is C19H20N2O3S3. The largest absolute Gasteiger partial charge is 0.319 e. The van der Waals surface area contributed by atoms with Gasteiger partial charge in [0.15, 0.2) is 14.6 Å². The SMILES string of the molecule is CSc1ccc2c(c1)sc(=NC(=O)CCS(=O)(=O)Cc1ccccc1)n2C. The zero-order valence-electron chi connectivity index (χ0n) is 15.1. The molecule has 1 aromatic heterocycles. The summed E-state index contributed by atoms with van der Waals surface area (Å²) < 4.78 is 27.4. The number of carbonyl (C=O) groups is 1. The van der Waals surface area contributed by atoms with Crippen LogP contribution in [0.3, 0.4) is 0 Å². The molecule has 0 saturated heterocycles. The molecular weight excluding hydrogens is 400 g/mol. The Morgan fingerprint density at radius 1 is 1.19 bits per heavy atom. The Bertz CT molecular complexity index is 1130. The molecule has 142 valence electrons. The van der Waals surface area contributed by atoms with Crippen LogP contribution in [-0.2, 0) is 27.4 Å². The van der Waals surface area contributed by atoms with Crippen molar-refractivity contribution in [3.63, 3.8) is 0 Å². The summed E-state index contributed by atoms with van der Waals surface area (Å²) in [6, 6.07) is 15.1. The summed E-state index contributed by atoms with van der Waals surface area (Å²) in [5, 5.41) is 0. The van der Waals surface area contributed by atoms with Crippen molar-refractivity contribution in [3.05, 3.63) is 58.9 Å². The van der Waals surface area contributed by atoms with Crippen LogP contribution in [0.1, 0.15) is 12.0 Å². The lowest BCUT2D eigenvalue weighted by Gasteiger charge is -2.03. The molecule has 0 aliphatic rings. The third kappa shape index (κ3) is 5.09. The average molecular weight is 421 g/mol. The number of carbonyl (C=O) groups excluding carboxylic acids is 1. The first kappa shape index (κ1) is 19.9. The standard InChI is InChI=1S/C19H20N2O3S3/c1-21-16-9-8-15(25-2)12-17(16)26-19(21)20-18(22)10-11-27(23,24)13-14-6-4-3-5-7-14/h3-9,12H,10-11,13H2,1-2H3. The third-order valence-corrected chi connectivity index (χ3v) is 7.51. The predicted octanol–water partition coefficient (Wildman–Crippen LogP) is 3.39. The molecule has 0 atom stereocenters. The van der Waals surface area contributed by atoms with E-state index in [1.165, 1.54) is 11.3 Å². The highest BCUT2D eigenvalue weighted by Crippen LogP contribution is 2.23. The monoisotopic (exact) mass is 420 g/mol. The van der Waals surface area contributed by atoms with E-state index in [9.17, 15) is 13.2 Å². The van der Waals surface area contributed by atoms with Crippen LogP contribution in [-0.4, -0.2) is 30.9 Å². The number of benzene rings is 2. The second kappa shape index (κ2) is 8.41. The van der Waals surface area contributed by atoms with E-state index in [2.05, 4.69) is 11.1 Å². The quantitative estimate of drug-likeness (QED) is 0.573. The minimum absolute atomic E-state index is 0.0603. The van der Waals surface area contributed by atoms with Crippen LogP contribution in [0.2, 0.25) is 0 Å². The molecule has 0 bridgehead atoms. The Morgan fingerprint density at radius 3 is 2.63 bits per heavy atom. The molecule has 0 aliphatic carbocycles. The van der Waals surface area contributed by atoms with E-state index in [4.69, 9.17) is 0 Å². The molecule has 3 rings (SSSR count). The molecule has 3 aromatic rings. The fourth-order valence-electron chi connectivity index (χ4n) is 2.65. The fraction of sp³-hybridized carbons (Fsp3) is 0.263. The van der Waals surface area contributed by atoms with Crippen LogP contribution in [0.4, 0.5) is 0 Å². The predicted molar refractivity (Wildman–Crippen MR) is 112 cm³/mol. The van der Waals surface area contributed by atoms with Crippen molar-refractivity contribution in [1.82, 2.24) is 4.57 Å². The van der Waals surface area contributed by atoms with Crippen molar-refractivity contribution in [2.75, 3.05) is 12.0 Å². The number of thiazole rings is 1. The Morgan fingerprint density at radius 2 is 1.93 bits per heavy atom. The summed E-state index contributed by atoms with van der Waals surface area (Å²) >= 11 is 3.09. The summed E-state index contributed by atoms with van der Waals surface area (Å²) in [7, 11) is -1.50. The third-order valence-electron chi connectivity index (χ3n) is 4.09. The Balaban J connectivity index is 1.73. The molecule has 1 amide bonds. The van der Waals surface area contributed by atoms with E-state index in [0.717, 1.165) is 20.7 Å². The Labute approximate surface area is 166 Å². The van der Waals surface area contributed by atoms with Crippen molar-refractivity contribution >= 4 is 49.1 Å². The maximum absolute atomic E-state index is 12.2. The summed E-state index contributed by atoms with van der Waals surface area (Å²) in [5.41, 5.74) is 1.73. The van der Waals surface area contributed by atoms with Crippen LogP contribution in [0.15, 0.2) is 58.4 Å². The van der Waals surface area contributed by atoms with Crippen LogP contribution in [0.5, 0.6) is 0 Å². The second-order valence-electron chi connectivity index (χ2n) is 6.11. The van der Waals surface area contributed by atoms with Gasteiger partial charge >= 0.3 is 0 Å². The van der Waals surface area contributed by atoms with Crippen LogP contribution >= 0.6 is 23.1 Å². The molecule has 1 heterocycles. The lowest BCUT2D eigenvalue weighted by Crippen LogP contribution is -2.16. The highest BCUT2D eigenvalue weighted by molar-refractivity contribution is 7.98. The van der Waals surface area contributed by atoms with Gasteiger partial charge in [0.2, 0.25) is 5.91 Å². The molecule has 0 aliphatic heterocycles. The number of amides is 1. The number of nitrogens with zero attached hydrogens (tertiary/aromatic N) is 2. The van der Waals surface area contributed by atoms with Gasteiger partial charge in [-0.2, -0.15) is 4.99 Å². The fourth-order valence-corrected chi connectivity index (χ4v) is 5.57. The van der Waals surface area contributed by atoms with Crippen LogP contribution in [0, 0.1) is 0 Å². The van der Waals surface area contributed by atoms with Gasteiger partial charge in [-0.15, -0.1) is 11.8 Å². The van der Waals surface area contributed by atoms with Gasteiger partial charge in [0.1, 0.15) is 0 Å². The van der Waals surface area contributed by atoms with Gasteiger partial charge in [0.05, 0.1) is 21.7 Å². The number of thioether (sulfide) groups is 1. The summed E-state index contributed by atoms with van der Waals surface area (Å²) in [6.07, 6.45) is 1.90. The first-order chi connectivity index (χ1) is 12.9. The number of rotatable bonds is 6. The molecule has 0 radical (unpaired) electrons. The van der Waals surface area contributed by atoms with E-state index < -0.39 is 15.7 Å². The molecule has 0 saturated carbocycles. The lowest BCUT2D eigenvalue weighted by atomic mass is 10.2. The normalized spacial score (nSPS) is 12.6. The van der Waals surface area contributed by atoms with E-state index in [1.54, 1.807) is 36.0 Å². The zero-order valence-corrected chi connectivity index (χ0v) is 17.5. The van der Waals surface area contributed by atoms with Gasteiger partial charge in [0, 0.05) is 18.4 Å². The highest BCUT2D eigenvalue weighted by Gasteiger charge is 2.14. The molecule has 5 nitrogen and oxygen atoms in total. The lowest BCUT2D eigenvalue weighted by molar-refractivity contribution is -0.117. The zero-order chi connectivity index (χ0) is 19.4. The summed E-state index contributed by atoms with van der Waals surface area (Å²) in [6.45, 7) is 0. The minimum Gasteiger partial charge on any atom is -0.319 e. The number of sulfone groups is 1. The molecule has 0 spiro atoms. The van der Waals surface area contributed by atoms with Crippen LogP contribution < -0.4 is 4.80 Å². The molecule has 27 heavy (non-hydrogen) atoms. The van der Waals surface area contributed by atoms with Gasteiger partial charge in [0.25, 0.3) is 0 Å². The Hall–Kier alpha value is -1.90. The Kier molecular flexibility index (Phi) is 6.18. The van der Waals surface area contributed by atoms with Gasteiger partial charge in [-0.3, -0.25) is 4.79 Å². The number of fused-ring (bicyclic) bond motifs is 1. The van der Waals surface area contributed by atoms with Crippen molar-refractivity contribution in [2.24, 2.45) is 12.0 Å². The van der Waals surface area contributed by atoms with E-state index in [0.29, 0.717) is 4.80 Å². The maximum Gasteiger partial charge on any atom is 0.249 e.